The number of esters is 2. The van der Waals surface area contributed by atoms with Crippen LogP contribution in [0.25, 0.3) is 22.3 Å². The van der Waals surface area contributed by atoms with E-state index in [1.165, 1.54) is 37.0 Å². The van der Waals surface area contributed by atoms with Gasteiger partial charge in [0.25, 0.3) is 28.1 Å². The fourth-order valence-electron chi connectivity index (χ4n) is 12.5. The maximum Gasteiger partial charge on any atom is 0.496 e. The van der Waals surface area contributed by atoms with Crippen molar-refractivity contribution >= 4 is 162 Å². The summed E-state index contributed by atoms with van der Waals surface area (Å²) >= 11 is 44.3. The summed E-state index contributed by atoms with van der Waals surface area (Å²) in [4.78, 5) is 95.1. The molecule has 13 aromatic rings. The number of aromatic amines is 1. The number of hydrogen-bond donors (Lipinski definition) is 2. The number of nitrogens with zero attached hydrogens (tertiary/aromatic N) is 7. The molecule has 0 radical (unpaired) electrons. The Hall–Kier alpha value is -9.98. The Morgan fingerprint density at radius 1 is 0.385 bits per heavy atom. The second-order valence-corrected chi connectivity index (χ2v) is 38.7. The Morgan fingerprint density at radius 3 is 1.02 bits per heavy atom. The van der Waals surface area contributed by atoms with Crippen molar-refractivity contribution in [3.05, 3.63) is 365 Å². The predicted octanol–water partition coefficient (Wildman–Crippen LogP) is 20.1. The molecule has 135 heavy (non-hydrogen) atoms. The molecule has 3 fully saturated rings. The maximum atomic E-state index is 12.2. The zero-order valence-corrected chi connectivity index (χ0v) is 86.1. The van der Waals surface area contributed by atoms with Crippen LogP contribution in [0.1, 0.15) is 160 Å². The summed E-state index contributed by atoms with van der Waals surface area (Å²) in [5, 5.41) is 14.3. The number of amides is 1. The molecule has 40 heteroatoms. The summed E-state index contributed by atoms with van der Waals surface area (Å²) in [5.41, 5.74) is 11.0. The van der Waals surface area contributed by atoms with E-state index in [9.17, 15) is 38.4 Å². The Bertz CT molecular complexity index is 6470. The molecule has 5 aromatic carbocycles. The topological polar surface area (TPSA) is 350 Å². The van der Waals surface area contributed by atoms with Crippen LogP contribution in [0, 0.1) is 20.8 Å². The molecule has 3 N–H and O–H groups in total. The Morgan fingerprint density at radius 2 is 0.689 bits per heavy atom. The lowest BCUT2D eigenvalue weighted by Crippen LogP contribution is -2.41. The van der Waals surface area contributed by atoms with Gasteiger partial charge in [-0.2, -0.15) is 0 Å². The minimum atomic E-state index is -0.683. The standard InChI is InChI=1S/C18H21BClNO3.C18H15ClN2O4.C17H14ClN3O3.C12H24B2O4.C12H9BrClNO.C7H6Cl2.C6H6BrNO3.C5H4BrNO/c1-17(2)18(3,4)24-19(23-17)14-7-10-16(22)21(12-14)11-13-5-8-15(20)9-6-13;1-11-16(17(20-25-11)18(23)24-2)13-5-8-15(22)21(10-13)9-12-3-6-14(19)7-4-12;1-10-15(16(17(19)23)20-24-10)12-4-7-14(22)21(9-12)8-11-2-5-13(18)6-3-11;1-9(2)10(3,4)16-13(15-9)14-17-11(5,6)12(7,8)18-14;13-10-3-6-12(16)15(8-10)7-9-1-4-11(14)5-2-9;8-5-6-1-3-7(9)4-2-6;1-3-4(7)5(8-11-3)6(9)10-2;6-4-1-2-5(8)7-3-4/h5-10,12H,11H2,1-4H3;3-8,10H,9H2,1-2H3;2-7,9H,8H2,1H3,(H2,19,23);1-8H3;1-6,8H,7H2;1-4H,5H2;1-2H3;1-3H,(H,7,8). The summed E-state index contributed by atoms with van der Waals surface area (Å²) in [7, 11) is 1.13. The van der Waals surface area contributed by atoms with E-state index in [0.717, 1.165) is 47.2 Å². The molecule has 710 valence electrons. The molecular weight excluding hydrogens is 2060 g/mol. The Balaban J connectivity index is 0.000000178. The highest BCUT2D eigenvalue weighted by Crippen LogP contribution is 2.44. The fraction of sp³-hybridized carbons (Fsp3) is 0.295. The number of aromatic nitrogens is 8. The number of aryl methyl sites for hydroxylation is 3. The van der Waals surface area contributed by atoms with Crippen LogP contribution in [-0.4, -0.2) is 126 Å². The summed E-state index contributed by atoms with van der Waals surface area (Å²) in [6, 6.07) is 52.8. The molecule has 16 rings (SSSR count). The molecule has 0 unspecified atom stereocenters. The van der Waals surface area contributed by atoms with E-state index < -0.39 is 50.2 Å². The molecule has 0 atom stereocenters. The van der Waals surface area contributed by atoms with Crippen molar-refractivity contribution in [2.24, 2.45) is 5.73 Å². The van der Waals surface area contributed by atoms with E-state index >= 15 is 0 Å². The first-order valence-corrected chi connectivity index (χ1v) is 46.4. The van der Waals surface area contributed by atoms with E-state index in [1.807, 2.05) is 180 Å². The highest BCUT2D eigenvalue weighted by Gasteiger charge is 2.64. The molecule has 1 amide bonds. The largest absolute Gasteiger partial charge is 0.496 e. The quantitative estimate of drug-likeness (QED) is 0.0515. The van der Waals surface area contributed by atoms with Crippen molar-refractivity contribution in [2.75, 3.05) is 14.2 Å². The number of ether oxygens (including phenoxy) is 2. The monoisotopic (exact) mass is 2150 g/mol. The van der Waals surface area contributed by atoms with Gasteiger partial charge < -0.3 is 80.0 Å². The summed E-state index contributed by atoms with van der Waals surface area (Å²) in [6.45, 7) is 31.1. The number of primary amides is 1. The fourth-order valence-corrected chi connectivity index (χ4v) is 14.3. The number of rotatable bonds is 16. The molecule has 3 aliphatic heterocycles. The van der Waals surface area contributed by atoms with Gasteiger partial charge in [0.15, 0.2) is 11.4 Å². The molecule has 0 bridgehead atoms. The Labute approximate surface area is 836 Å². The van der Waals surface area contributed by atoms with Crippen LogP contribution in [0.4, 0.5) is 0 Å². The van der Waals surface area contributed by atoms with Crippen LogP contribution in [-0.2, 0) is 69.5 Å². The lowest BCUT2D eigenvalue weighted by atomic mass is 9.49. The van der Waals surface area contributed by atoms with Crippen LogP contribution < -0.4 is 39.0 Å². The second kappa shape index (κ2) is 47.9. The van der Waals surface area contributed by atoms with Gasteiger partial charge in [-0.1, -0.05) is 140 Å². The number of nitrogens with one attached hydrogen (secondary N) is 1. The minimum Gasteiger partial charge on any atom is -0.464 e. The normalized spacial score (nSPS) is 14.7. The van der Waals surface area contributed by atoms with Crippen molar-refractivity contribution in [3.8, 4) is 22.3 Å². The van der Waals surface area contributed by atoms with E-state index in [2.05, 4.69) is 73.0 Å². The van der Waals surface area contributed by atoms with Crippen molar-refractivity contribution in [1.29, 1.82) is 0 Å². The summed E-state index contributed by atoms with van der Waals surface area (Å²) < 4.78 is 68.7. The number of benzene rings is 5. The van der Waals surface area contributed by atoms with Crippen LogP contribution in [0.2, 0.25) is 25.1 Å². The first-order valence-electron chi connectivity index (χ1n) is 41.6. The van der Waals surface area contributed by atoms with E-state index in [4.69, 9.17) is 122 Å². The number of pyridine rings is 5. The zero-order valence-electron chi connectivity index (χ0n) is 76.8. The lowest BCUT2D eigenvalue weighted by Gasteiger charge is -2.32. The summed E-state index contributed by atoms with van der Waals surface area (Å²) in [6.07, 6.45) is 8.50. The number of H-pyrrole nitrogens is 1. The molecular formula is C95H99B3Br3Cl6N9O19. The van der Waals surface area contributed by atoms with Crippen LogP contribution >= 0.6 is 117 Å². The van der Waals surface area contributed by atoms with E-state index in [0.29, 0.717) is 96.2 Å². The highest BCUT2D eigenvalue weighted by molar-refractivity contribution is 9.11. The third-order valence-electron chi connectivity index (χ3n) is 22.2. The molecule has 3 saturated heterocycles. The molecule has 0 aliphatic carbocycles. The second-order valence-electron chi connectivity index (χ2n) is 33.7. The molecule has 8 aromatic heterocycles. The number of nitrogens with two attached hydrogens (primary N) is 1. The van der Waals surface area contributed by atoms with Gasteiger partial charge in [-0.05, 0) is 270 Å². The molecule has 0 saturated carbocycles. The van der Waals surface area contributed by atoms with Gasteiger partial charge in [0.05, 0.1) is 89.6 Å². The van der Waals surface area contributed by atoms with Crippen LogP contribution in [0.5, 0.6) is 0 Å². The average molecular weight is 2160 g/mol. The Kier molecular flexibility index (Phi) is 38.5. The van der Waals surface area contributed by atoms with E-state index in [-0.39, 0.29) is 67.3 Å². The first-order chi connectivity index (χ1) is 63.4. The predicted molar refractivity (Wildman–Crippen MR) is 537 cm³/mol. The number of methoxy groups -OCH3 is 2. The molecule has 3 aliphatic rings. The van der Waals surface area contributed by atoms with Gasteiger partial charge in [-0.25, -0.2) is 9.59 Å². The number of halogens is 9. The van der Waals surface area contributed by atoms with Gasteiger partial charge in [0, 0.05) is 112 Å². The highest BCUT2D eigenvalue weighted by atomic mass is 79.9. The first kappa shape index (κ1) is 109. The van der Waals surface area contributed by atoms with Crippen LogP contribution in [0.3, 0.4) is 0 Å². The van der Waals surface area contributed by atoms with Crippen molar-refractivity contribution in [3.63, 3.8) is 0 Å². The van der Waals surface area contributed by atoms with Gasteiger partial charge in [0.2, 0.25) is 11.3 Å². The molecule has 28 nitrogen and oxygen atoms in total. The number of carbonyl (C=O) groups is 3. The van der Waals surface area contributed by atoms with Crippen LogP contribution in [0.15, 0.2) is 264 Å². The SMILES string of the molecule is CC1(C)OB(B2OC(C)(C)C(C)(C)O2)OC1(C)C.CC1(C)OB(c2ccc(=O)n(Cc3ccc(Cl)cc3)c2)OC1(C)C.COC(=O)c1noc(C)c1-c1ccc(=O)n(Cc2ccc(Cl)cc2)c1.COC(=O)c1noc(C)c1Br.Cc1onc(C(N)=O)c1-c1ccc(=O)n(Cc2ccc(Cl)cc2)c1.ClCc1ccc(Cl)cc1.O=c1ccc(Br)c[nH]1.O=c1ccc(Br)cn1Cc1ccc(Cl)cc1. The van der Waals surface area contributed by atoms with Gasteiger partial charge in [-0.3, -0.25) is 28.8 Å². The zero-order chi connectivity index (χ0) is 99.4. The smallest absolute Gasteiger partial charge is 0.464 e. The van der Waals surface area contributed by atoms with Crippen molar-refractivity contribution in [2.45, 2.75) is 170 Å². The molecule has 0 spiro atoms. The maximum absolute atomic E-state index is 12.2. The third-order valence-corrected chi connectivity index (χ3v) is 25.6. The third kappa shape index (κ3) is 30.0. The van der Waals surface area contributed by atoms with E-state index in [1.54, 1.807) is 132 Å². The molecule has 11 heterocycles. The summed E-state index contributed by atoms with van der Waals surface area (Å²) in [5.74, 6) is 0.258. The number of alkyl halides is 1. The lowest BCUT2D eigenvalue weighted by molar-refractivity contribution is 0.00578. The van der Waals surface area contributed by atoms with Gasteiger partial charge in [-0.15, -0.1) is 11.6 Å². The average Bonchev–Trinajstić information content (AvgIpc) is 1.59. The number of carbonyl (C=O) groups excluding carboxylic acids is 3. The number of hydrogen-bond acceptors (Lipinski definition) is 22. The van der Waals surface area contributed by atoms with Gasteiger partial charge in [0.1, 0.15) is 17.3 Å². The minimum absolute atomic E-state index is 0.0156. The van der Waals surface area contributed by atoms with Gasteiger partial charge >= 0.3 is 33.1 Å². The van der Waals surface area contributed by atoms with Crippen molar-refractivity contribution in [1.82, 2.24) is 38.7 Å². The van der Waals surface area contributed by atoms with Crippen molar-refractivity contribution < 1.29 is 65.4 Å².